The van der Waals surface area contributed by atoms with E-state index in [1.54, 1.807) is 17.0 Å². The molecule has 1 atom stereocenters. The number of carbonyl (C=O) groups excluding carboxylic acids is 1. The summed E-state index contributed by atoms with van der Waals surface area (Å²) in [6.07, 6.45) is 7.75. The van der Waals surface area contributed by atoms with E-state index in [2.05, 4.69) is 26.0 Å². The molecule has 0 aliphatic carbocycles. The second-order valence-corrected chi connectivity index (χ2v) is 9.78. The number of hydrogen-bond donors (Lipinski definition) is 1. The first-order valence-electron chi connectivity index (χ1n) is 12.3. The molecule has 4 aromatic heterocycles. The molecule has 1 fully saturated rings. The van der Waals surface area contributed by atoms with Gasteiger partial charge in [0.05, 0.1) is 65.1 Å². The lowest BCUT2D eigenvalue weighted by molar-refractivity contribution is 0.0689. The zero-order valence-electron chi connectivity index (χ0n) is 20.0. The molecule has 0 spiro atoms. The van der Waals surface area contributed by atoms with E-state index in [1.165, 1.54) is 0 Å². The van der Waals surface area contributed by atoms with Crippen LogP contribution < -0.4 is 4.90 Å². The van der Waals surface area contributed by atoms with Gasteiger partial charge < -0.3 is 19.5 Å². The van der Waals surface area contributed by atoms with Crippen LogP contribution in [-0.2, 0) is 11.2 Å². The fraction of sp³-hybridized carbons (Fsp3) is 0.259. The Morgan fingerprint density at radius 2 is 1.89 bits per heavy atom. The van der Waals surface area contributed by atoms with E-state index in [1.807, 2.05) is 47.6 Å². The average molecular weight is 514 g/mol. The van der Waals surface area contributed by atoms with Crippen LogP contribution in [0.15, 0.2) is 61.3 Å². The van der Waals surface area contributed by atoms with Gasteiger partial charge in [0.25, 0.3) is 5.91 Å². The summed E-state index contributed by atoms with van der Waals surface area (Å²) in [7, 11) is 0. The smallest absolute Gasteiger partial charge is 0.258 e. The highest BCUT2D eigenvalue weighted by atomic mass is 35.5. The first kappa shape index (κ1) is 22.3. The number of pyridine rings is 2. The van der Waals surface area contributed by atoms with Gasteiger partial charge in [0.15, 0.2) is 0 Å². The highest BCUT2D eigenvalue weighted by molar-refractivity contribution is 6.33. The van der Waals surface area contributed by atoms with Gasteiger partial charge in [-0.1, -0.05) is 35.9 Å². The van der Waals surface area contributed by atoms with Crippen LogP contribution in [-0.4, -0.2) is 68.2 Å². The van der Waals surface area contributed by atoms with Gasteiger partial charge in [-0.25, -0.2) is 9.50 Å². The Balaban J connectivity index is 1.29. The molecule has 1 saturated heterocycles. The number of amides is 1. The number of nitrogens with zero attached hydrogens (tertiary/aromatic N) is 6. The molecule has 37 heavy (non-hydrogen) atoms. The van der Waals surface area contributed by atoms with Gasteiger partial charge in [-0.3, -0.25) is 9.78 Å². The molecular weight excluding hydrogens is 490 g/mol. The van der Waals surface area contributed by atoms with Crippen LogP contribution in [0.2, 0.25) is 5.02 Å². The molecule has 1 aromatic carbocycles. The zero-order valence-corrected chi connectivity index (χ0v) is 20.7. The fourth-order valence-electron chi connectivity index (χ4n) is 5.39. The summed E-state index contributed by atoms with van der Waals surface area (Å²) in [6.45, 7) is 3.37. The number of aromatic amines is 1. The van der Waals surface area contributed by atoms with Crippen LogP contribution in [0.3, 0.4) is 0 Å². The summed E-state index contributed by atoms with van der Waals surface area (Å²) in [5.41, 5.74) is 4.69. The number of nitrogens with one attached hydrogen (secondary N) is 1. The van der Waals surface area contributed by atoms with Crippen molar-refractivity contribution in [3.05, 3.63) is 89.0 Å². The molecule has 1 N–H and O–H groups in total. The Morgan fingerprint density at radius 3 is 2.76 bits per heavy atom. The van der Waals surface area contributed by atoms with Gasteiger partial charge >= 0.3 is 0 Å². The molecule has 5 aromatic rings. The normalized spacial score (nSPS) is 17.9. The molecule has 0 unspecified atom stereocenters. The van der Waals surface area contributed by atoms with E-state index in [9.17, 15) is 4.79 Å². The van der Waals surface area contributed by atoms with Crippen LogP contribution in [0.4, 0.5) is 5.69 Å². The first-order chi connectivity index (χ1) is 18.2. The Labute approximate surface area is 217 Å². The van der Waals surface area contributed by atoms with E-state index in [0.717, 1.165) is 46.6 Å². The number of morpholine rings is 1. The van der Waals surface area contributed by atoms with Crippen molar-refractivity contribution in [2.24, 2.45) is 0 Å². The van der Waals surface area contributed by atoms with Crippen LogP contribution in [0.25, 0.3) is 16.3 Å². The van der Waals surface area contributed by atoms with Gasteiger partial charge in [-0.15, -0.1) is 0 Å². The molecule has 1 amide bonds. The monoisotopic (exact) mass is 513 g/mol. The highest BCUT2D eigenvalue weighted by Gasteiger charge is 2.36. The molecule has 2 aliphatic heterocycles. The number of carbonyl (C=O) groups is 1. The number of fused-ring (bicyclic) bond motifs is 3. The predicted octanol–water partition coefficient (Wildman–Crippen LogP) is 3.88. The quantitative estimate of drug-likeness (QED) is 0.393. The summed E-state index contributed by atoms with van der Waals surface area (Å²) in [5.74, 6) is -0.126. The van der Waals surface area contributed by atoms with Crippen LogP contribution in [0.5, 0.6) is 0 Å². The Hall–Kier alpha value is -3.95. The highest BCUT2D eigenvalue weighted by Crippen LogP contribution is 2.36. The van der Waals surface area contributed by atoms with E-state index >= 15 is 0 Å². The van der Waals surface area contributed by atoms with E-state index < -0.39 is 6.04 Å². The third-order valence-corrected chi connectivity index (χ3v) is 7.59. The van der Waals surface area contributed by atoms with Gasteiger partial charge in [0, 0.05) is 43.3 Å². The molecule has 9 nitrogen and oxygen atoms in total. The number of hydrogen-bond acceptors (Lipinski definition) is 6. The molecule has 186 valence electrons. The summed E-state index contributed by atoms with van der Waals surface area (Å²) in [5, 5.41) is 7.23. The number of H-pyrrole nitrogens is 1. The number of halogens is 1. The van der Waals surface area contributed by atoms with Crippen molar-refractivity contribution in [1.82, 2.24) is 29.5 Å². The van der Waals surface area contributed by atoms with Gasteiger partial charge in [-0.2, -0.15) is 5.10 Å². The molecular formula is C27H24ClN7O2. The van der Waals surface area contributed by atoms with Crippen molar-refractivity contribution in [3.63, 3.8) is 0 Å². The summed E-state index contributed by atoms with van der Waals surface area (Å²) in [4.78, 5) is 30.7. The molecule has 6 heterocycles. The van der Waals surface area contributed by atoms with Crippen molar-refractivity contribution in [1.29, 1.82) is 0 Å². The SMILES string of the molecule is O=C(c1cnn2cc(N3CCOCC3)c(Cl)cc12)N1CCc2[nH]cnc2[C@H]1c1cc2ccccc2cn1. The zero-order chi connectivity index (χ0) is 24.9. The molecule has 0 bridgehead atoms. The number of imidazole rings is 1. The van der Waals surface area contributed by atoms with Crippen molar-refractivity contribution >= 4 is 39.5 Å². The van der Waals surface area contributed by atoms with Crippen molar-refractivity contribution in [3.8, 4) is 0 Å². The Kier molecular flexibility index (Phi) is 5.33. The standard InChI is InChI=1S/C27H24ClN7O2/c28-20-12-23-19(14-32-35(23)15-24(20)33-7-9-37-10-8-33)27(36)34-6-5-21-25(31-16-30-21)26(34)22-11-17-3-1-2-4-18(17)13-29-22/h1-4,11-16,26H,5-10H2,(H,30,31)/t26-/m1/s1. The lowest BCUT2D eigenvalue weighted by atomic mass is 9.97. The summed E-state index contributed by atoms with van der Waals surface area (Å²) >= 11 is 6.72. The Morgan fingerprint density at radius 1 is 1.05 bits per heavy atom. The first-order valence-corrected chi connectivity index (χ1v) is 12.7. The molecule has 2 aliphatic rings. The molecule has 7 rings (SSSR count). The molecule has 10 heteroatoms. The molecule has 0 radical (unpaired) electrons. The topological polar surface area (TPSA) is 91.7 Å². The maximum Gasteiger partial charge on any atom is 0.258 e. The van der Waals surface area contributed by atoms with Gasteiger partial charge in [-0.05, 0) is 17.5 Å². The van der Waals surface area contributed by atoms with Crippen molar-refractivity contribution in [2.75, 3.05) is 37.7 Å². The van der Waals surface area contributed by atoms with Crippen LogP contribution in [0, 0.1) is 0 Å². The lowest BCUT2D eigenvalue weighted by Gasteiger charge is -2.34. The minimum atomic E-state index is -0.412. The van der Waals surface area contributed by atoms with Crippen molar-refractivity contribution in [2.45, 2.75) is 12.5 Å². The number of aromatic nitrogens is 5. The lowest BCUT2D eigenvalue weighted by Crippen LogP contribution is -2.41. The van der Waals surface area contributed by atoms with Crippen LogP contribution >= 0.6 is 11.6 Å². The number of rotatable bonds is 3. The third kappa shape index (κ3) is 3.73. The minimum absolute atomic E-state index is 0.126. The van der Waals surface area contributed by atoms with E-state index in [4.69, 9.17) is 21.3 Å². The predicted molar refractivity (Wildman–Crippen MR) is 140 cm³/mol. The number of ether oxygens (including phenoxy) is 1. The Bertz CT molecular complexity index is 1640. The van der Waals surface area contributed by atoms with Gasteiger partial charge in [0.2, 0.25) is 0 Å². The maximum absolute atomic E-state index is 14.1. The summed E-state index contributed by atoms with van der Waals surface area (Å²) in [6, 6.07) is 11.6. The average Bonchev–Trinajstić information content (AvgIpc) is 3.59. The maximum atomic E-state index is 14.1. The minimum Gasteiger partial charge on any atom is -0.378 e. The summed E-state index contributed by atoms with van der Waals surface area (Å²) < 4.78 is 7.20. The van der Waals surface area contributed by atoms with Crippen molar-refractivity contribution < 1.29 is 9.53 Å². The largest absolute Gasteiger partial charge is 0.378 e. The number of benzene rings is 1. The van der Waals surface area contributed by atoms with E-state index in [-0.39, 0.29) is 5.91 Å². The van der Waals surface area contributed by atoms with Gasteiger partial charge in [0.1, 0.15) is 6.04 Å². The second-order valence-electron chi connectivity index (χ2n) is 9.37. The molecule has 0 saturated carbocycles. The van der Waals surface area contributed by atoms with E-state index in [0.29, 0.717) is 42.3 Å². The number of anilines is 1. The second kappa shape index (κ2) is 8.86. The third-order valence-electron chi connectivity index (χ3n) is 7.29. The van der Waals surface area contributed by atoms with Crippen LogP contribution in [0.1, 0.15) is 33.5 Å². The fourth-order valence-corrected chi connectivity index (χ4v) is 5.66.